The van der Waals surface area contributed by atoms with Gasteiger partial charge in [-0.3, -0.25) is 4.90 Å². The highest BCUT2D eigenvalue weighted by Gasteiger charge is 2.32. The lowest BCUT2D eigenvalue weighted by Gasteiger charge is -2.44. The number of allylic oxidation sites excluding steroid dienone is 1. The fourth-order valence-corrected chi connectivity index (χ4v) is 2.49. The summed E-state index contributed by atoms with van der Waals surface area (Å²) < 4.78 is 0. The molecule has 0 saturated carbocycles. The van der Waals surface area contributed by atoms with Crippen LogP contribution in [0.15, 0.2) is 12.7 Å². The van der Waals surface area contributed by atoms with Gasteiger partial charge in [-0.1, -0.05) is 26.8 Å². The topological polar surface area (TPSA) is 15.3 Å². The number of hydrogen-bond acceptors (Lipinski definition) is 2. The van der Waals surface area contributed by atoms with Crippen molar-refractivity contribution in [3.8, 4) is 0 Å². The molecule has 96 valence electrons. The van der Waals surface area contributed by atoms with Crippen LogP contribution in [0.3, 0.4) is 0 Å². The molecule has 0 aromatic rings. The molecule has 2 heteroatoms. The third-order valence-electron chi connectivity index (χ3n) is 3.54. The molecule has 0 bridgehead atoms. The SMILES string of the molecule is C=CCCC(NCC)C(C)(C)N(CC)CC. The standard InChI is InChI=1S/C14H30N2/c1-7-11-12-13(15-8-2)14(5,6)16(9-3)10-4/h7,13,15H,1,8-12H2,2-6H3. The van der Waals surface area contributed by atoms with Gasteiger partial charge in [-0.15, -0.1) is 6.58 Å². The predicted octanol–water partition coefficient (Wildman–Crippen LogP) is 3.05. The van der Waals surface area contributed by atoms with Gasteiger partial charge in [0.05, 0.1) is 0 Å². The van der Waals surface area contributed by atoms with E-state index in [1.807, 2.05) is 6.08 Å². The molecule has 0 amide bonds. The molecule has 2 nitrogen and oxygen atoms in total. The average molecular weight is 226 g/mol. The first-order valence-electron chi connectivity index (χ1n) is 6.63. The van der Waals surface area contributed by atoms with Crippen LogP contribution in [-0.2, 0) is 0 Å². The summed E-state index contributed by atoms with van der Waals surface area (Å²) in [6.45, 7) is 18.4. The molecular weight excluding hydrogens is 196 g/mol. The maximum atomic E-state index is 3.82. The molecule has 0 aliphatic rings. The van der Waals surface area contributed by atoms with Crippen molar-refractivity contribution in [1.29, 1.82) is 0 Å². The number of nitrogens with zero attached hydrogens (tertiary/aromatic N) is 1. The predicted molar refractivity (Wildman–Crippen MR) is 73.9 cm³/mol. The molecule has 16 heavy (non-hydrogen) atoms. The molecule has 0 rings (SSSR count). The fraction of sp³-hybridized carbons (Fsp3) is 0.857. The first-order chi connectivity index (χ1) is 7.54. The van der Waals surface area contributed by atoms with E-state index < -0.39 is 0 Å². The van der Waals surface area contributed by atoms with Gasteiger partial charge in [-0.2, -0.15) is 0 Å². The molecule has 0 radical (unpaired) electrons. The maximum absolute atomic E-state index is 3.82. The Bertz CT molecular complexity index is 183. The highest BCUT2D eigenvalue weighted by atomic mass is 15.2. The Kier molecular flexibility index (Phi) is 7.69. The van der Waals surface area contributed by atoms with Crippen LogP contribution in [0.5, 0.6) is 0 Å². The van der Waals surface area contributed by atoms with Gasteiger partial charge in [-0.25, -0.2) is 0 Å². The highest BCUT2D eigenvalue weighted by Crippen LogP contribution is 2.22. The Morgan fingerprint density at radius 3 is 2.19 bits per heavy atom. The van der Waals surface area contributed by atoms with Gasteiger partial charge < -0.3 is 5.32 Å². The molecule has 0 aromatic carbocycles. The lowest BCUT2D eigenvalue weighted by atomic mass is 9.88. The molecule has 0 aromatic heterocycles. The zero-order valence-corrected chi connectivity index (χ0v) is 11.8. The number of hydrogen-bond donors (Lipinski definition) is 1. The van der Waals surface area contributed by atoms with Gasteiger partial charge in [0.1, 0.15) is 0 Å². The van der Waals surface area contributed by atoms with Crippen LogP contribution >= 0.6 is 0 Å². The van der Waals surface area contributed by atoms with E-state index in [1.54, 1.807) is 0 Å². The van der Waals surface area contributed by atoms with Crippen molar-refractivity contribution in [2.45, 2.75) is 59.0 Å². The van der Waals surface area contributed by atoms with Gasteiger partial charge in [-0.05, 0) is 46.3 Å². The minimum atomic E-state index is 0.211. The lowest BCUT2D eigenvalue weighted by molar-refractivity contribution is 0.0886. The van der Waals surface area contributed by atoms with E-state index >= 15 is 0 Å². The van der Waals surface area contributed by atoms with Crippen LogP contribution in [0.4, 0.5) is 0 Å². The lowest BCUT2D eigenvalue weighted by Crippen LogP contribution is -2.57. The second-order valence-electron chi connectivity index (χ2n) is 4.80. The molecule has 0 heterocycles. The molecule has 0 saturated heterocycles. The van der Waals surface area contributed by atoms with Gasteiger partial charge >= 0.3 is 0 Å². The zero-order chi connectivity index (χ0) is 12.6. The smallest absolute Gasteiger partial charge is 0.0306 e. The van der Waals surface area contributed by atoms with Gasteiger partial charge in [0, 0.05) is 11.6 Å². The number of rotatable bonds is 9. The van der Waals surface area contributed by atoms with Crippen molar-refractivity contribution in [3.63, 3.8) is 0 Å². The molecule has 0 aliphatic heterocycles. The summed E-state index contributed by atoms with van der Waals surface area (Å²) in [5.41, 5.74) is 0.211. The monoisotopic (exact) mass is 226 g/mol. The molecular formula is C14H30N2. The summed E-state index contributed by atoms with van der Waals surface area (Å²) in [5, 5.41) is 3.62. The minimum absolute atomic E-state index is 0.211. The summed E-state index contributed by atoms with van der Waals surface area (Å²) in [7, 11) is 0. The summed E-state index contributed by atoms with van der Waals surface area (Å²) in [5.74, 6) is 0. The third kappa shape index (κ3) is 4.26. The van der Waals surface area contributed by atoms with E-state index in [9.17, 15) is 0 Å². The summed E-state index contributed by atoms with van der Waals surface area (Å²) in [4.78, 5) is 2.53. The van der Waals surface area contributed by atoms with E-state index in [2.05, 4.69) is 51.4 Å². The molecule has 1 atom stereocenters. The summed E-state index contributed by atoms with van der Waals surface area (Å²) in [6, 6.07) is 0.537. The Balaban J connectivity index is 4.63. The number of nitrogens with one attached hydrogen (secondary N) is 1. The first kappa shape index (κ1) is 15.7. The second-order valence-corrected chi connectivity index (χ2v) is 4.80. The van der Waals surface area contributed by atoms with Crippen molar-refractivity contribution in [3.05, 3.63) is 12.7 Å². The third-order valence-corrected chi connectivity index (χ3v) is 3.54. The molecule has 0 spiro atoms. The van der Waals surface area contributed by atoms with Gasteiger partial charge in [0.2, 0.25) is 0 Å². The van der Waals surface area contributed by atoms with E-state index in [0.717, 1.165) is 26.1 Å². The van der Waals surface area contributed by atoms with Gasteiger partial charge in [0.15, 0.2) is 0 Å². The van der Waals surface area contributed by atoms with Crippen molar-refractivity contribution < 1.29 is 0 Å². The Morgan fingerprint density at radius 1 is 1.25 bits per heavy atom. The molecule has 0 fully saturated rings. The fourth-order valence-electron chi connectivity index (χ4n) is 2.49. The van der Waals surface area contributed by atoms with E-state index in [4.69, 9.17) is 0 Å². The van der Waals surface area contributed by atoms with Crippen molar-refractivity contribution in [2.24, 2.45) is 0 Å². The van der Waals surface area contributed by atoms with Crippen LogP contribution in [-0.4, -0.2) is 36.1 Å². The summed E-state index contributed by atoms with van der Waals surface area (Å²) in [6.07, 6.45) is 4.27. The molecule has 1 N–H and O–H groups in total. The normalized spacial score (nSPS) is 14.1. The second kappa shape index (κ2) is 7.86. The summed E-state index contributed by atoms with van der Waals surface area (Å²) >= 11 is 0. The van der Waals surface area contributed by atoms with E-state index in [-0.39, 0.29) is 5.54 Å². The largest absolute Gasteiger partial charge is 0.312 e. The van der Waals surface area contributed by atoms with Crippen molar-refractivity contribution >= 4 is 0 Å². The maximum Gasteiger partial charge on any atom is 0.0306 e. The highest BCUT2D eigenvalue weighted by molar-refractivity contribution is 4.93. The van der Waals surface area contributed by atoms with Crippen molar-refractivity contribution in [1.82, 2.24) is 10.2 Å². The Labute approximate surface area is 102 Å². The number of likely N-dealkylation sites (N-methyl/N-ethyl adjacent to an activating group) is 2. The first-order valence-corrected chi connectivity index (χ1v) is 6.63. The van der Waals surface area contributed by atoms with Crippen LogP contribution in [0.25, 0.3) is 0 Å². The van der Waals surface area contributed by atoms with E-state index in [1.165, 1.54) is 6.42 Å². The Morgan fingerprint density at radius 2 is 1.81 bits per heavy atom. The van der Waals surface area contributed by atoms with Crippen LogP contribution in [0.2, 0.25) is 0 Å². The quantitative estimate of drug-likeness (QED) is 0.608. The van der Waals surface area contributed by atoms with Crippen molar-refractivity contribution in [2.75, 3.05) is 19.6 Å². The Hall–Kier alpha value is -0.340. The van der Waals surface area contributed by atoms with Gasteiger partial charge in [0.25, 0.3) is 0 Å². The zero-order valence-electron chi connectivity index (χ0n) is 11.8. The van der Waals surface area contributed by atoms with Crippen LogP contribution in [0, 0.1) is 0 Å². The molecule has 1 unspecified atom stereocenters. The van der Waals surface area contributed by atoms with Crippen LogP contribution in [0.1, 0.15) is 47.5 Å². The molecule has 0 aliphatic carbocycles. The van der Waals surface area contributed by atoms with Crippen LogP contribution < -0.4 is 5.32 Å². The minimum Gasteiger partial charge on any atom is -0.312 e. The average Bonchev–Trinajstić information content (AvgIpc) is 2.25. The van der Waals surface area contributed by atoms with E-state index in [0.29, 0.717) is 6.04 Å².